The van der Waals surface area contributed by atoms with Gasteiger partial charge in [-0.15, -0.1) is 0 Å². The third kappa shape index (κ3) is 5.22. The molecule has 0 spiro atoms. The van der Waals surface area contributed by atoms with Crippen LogP contribution in [0.4, 0.5) is 4.79 Å². The smallest absolute Gasteiger partial charge is 0.405 e. The maximum absolute atomic E-state index is 10.8. The Morgan fingerprint density at radius 1 is 1.41 bits per heavy atom. The van der Waals surface area contributed by atoms with E-state index in [2.05, 4.69) is 28.1 Å². The maximum atomic E-state index is 10.8. The van der Waals surface area contributed by atoms with Gasteiger partial charge in [-0.25, -0.2) is 4.79 Å². The van der Waals surface area contributed by atoms with Crippen LogP contribution in [0.25, 0.3) is 0 Å². The van der Waals surface area contributed by atoms with E-state index in [9.17, 15) is 4.79 Å². The first-order chi connectivity index (χ1) is 7.93. The topological polar surface area (TPSA) is 52.3 Å². The van der Waals surface area contributed by atoms with Gasteiger partial charge < -0.3 is 10.5 Å². The second kappa shape index (κ2) is 6.05. The van der Waals surface area contributed by atoms with Crippen molar-refractivity contribution in [2.24, 2.45) is 5.73 Å². The first kappa shape index (κ1) is 14.0. The van der Waals surface area contributed by atoms with Crippen LogP contribution >= 0.6 is 15.9 Å². The van der Waals surface area contributed by atoms with Crippen molar-refractivity contribution < 1.29 is 9.53 Å². The Morgan fingerprint density at radius 3 is 2.65 bits per heavy atom. The predicted molar refractivity (Wildman–Crippen MR) is 72.4 cm³/mol. The van der Waals surface area contributed by atoms with Crippen LogP contribution < -0.4 is 5.73 Å². The zero-order chi connectivity index (χ0) is 12.9. The van der Waals surface area contributed by atoms with Crippen molar-refractivity contribution >= 4 is 22.0 Å². The van der Waals surface area contributed by atoms with Crippen LogP contribution in [0, 0.1) is 0 Å². The Bertz CT molecular complexity index is 391. The van der Waals surface area contributed by atoms with E-state index in [4.69, 9.17) is 10.5 Å². The Hall–Kier alpha value is -1.03. The van der Waals surface area contributed by atoms with E-state index in [1.165, 1.54) is 5.56 Å². The second-order valence-electron chi connectivity index (χ2n) is 4.62. The molecule has 1 aromatic rings. The molecule has 0 aliphatic rings. The molecule has 1 rings (SSSR count). The van der Waals surface area contributed by atoms with Crippen LogP contribution in [0.3, 0.4) is 0 Å². The highest BCUT2D eigenvalue weighted by Gasteiger charge is 2.22. The molecule has 0 aromatic heterocycles. The van der Waals surface area contributed by atoms with E-state index in [1.807, 2.05) is 26.0 Å². The van der Waals surface area contributed by atoms with Crippen molar-refractivity contribution in [1.82, 2.24) is 0 Å². The summed E-state index contributed by atoms with van der Waals surface area (Å²) in [5.41, 5.74) is 6.89. The summed E-state index contributed by atoms with van der Waals surface area (Å²) < 4.78 is 5.07. The van der Waals surface area contributed by atoms with Crippen LogP contribution in [-0.4, -0.2) is 17.0 Å². The zero-order valence-corrected chi connectivity index (χ0v) is 11.8. The van der Waals surface area contributed by atoms with Crippen LogP contribution in [0.2, 0.25) is 0 Å². The lowest BCUT2D eigenvalue weighted by Gasteiger charge is -2.24. The van der Waals surface area contributed by atoms with E-state index >= 15 is 0 Å². The monoisotopic (exact) mass is 299 g/mol. The predicted octanol–water partition coefficient (Wildman–Crippen LogP) is 3.04. The van der Waals surface area contributed by atoms with Crippen LogP contribution in [-0.2, 0) is 17.6 Å². The SMILES string of the molecule is CC(C)(Cc1cccc(CCBr)c1)OC(N)=O. The number of primary amides is 1. The van der Waals surface area contributed by atoms with Gasteiger partial charge in [0.1, 0.15) is 5.60 Å². The van der Waals surface area contributed by atoms with Gasteiger partial charge in [-0.3, -0.25) is 0 Å². The highest BCUT2D eigenvalue weighted by molar-refractivity contribution is 9.09. The van der Waals surface area contributed by atoms with Crippen molar-refractivity contribution in [3.8, 4) is 0 Å². The van der Waals surface area contributed by atoms with Crippen LogP contribution in [0.5, 0.6) is 0 Å². The summed E-state index contributed by atoms with van der Waals surface area (Å²) >= 11 is 3.42. The molecule has 0 saturated carbocycles. The first-order valence-corrected chi connectivity index (χ1v) is 6.67. The molecule has 1 amide bonds. The molecule has 0 bridgehead atoms. The third-order valence-corrected chi connectivity index (χ3v) is 2.78. The van der Waals surface area contributed by atoms with Gasteiger partial charge in [0, 0.05) is 11.8 Å². The Labute approximate surface area is 110 Å². The normalized spacial score (nSPS) is 11.2. The average molecular weight is 300 g/mol. The third-order valence-electron chi connectivity index (χ3n) is 2.38. The molecule has 0 heterocycles. The number of aryl methyl sites for hydroxylation is 1. The molecule has 4 heteroatoms. The van der Waals surface area contributed by atoms with Crippen LogP contribution in [0.15, 0.2) is 24.3 Å². The molecule has 0 radical (unpaired) electrons. The number of carbonyl (C=O) groups excluding carboxylic acids is 1. The summed E-state index contributed by atoms with van der Waals surface area (Å²) in [6.45, 7) is 3.71. The Kier molecular flexibility index (Phi) is 5.00. The molecule has 2 N–H and O–H groups in total. The Morgan fingerprint density at radius 2 is 2.06 bits per heavy atom. The number of hydrogen-bond acceptors (Lipinski definition) is 2. The van der Waals surface area contributed by atoms with Gasteiger partial charge in [0.15, 0.2) is 0 Å². The summed E-state index contributed by atoms with van der Waals surface area (Å²) in [6.07, 6.45) is 0.920. The van der Waals surface area contributed by atoms with Gasteiger partial charge >= 0.3 is 6.09 Å². The molecule has 1 aromatic carbocycles. The molecular weight excluding hydrogens is 282 g/mol. The van der Waals surface area contributed by atoms with Gasteiger partial charge in [-0.05, 0) is 31.4 Å². The lowest BCUT2D eigenvalue weighted by molar-refractivity contribution is 0.0460. The average Bonchev–Trinajstić information content (AvgIpc) is 2.15. The first-order valence-electron chi connectivity index (χ1n) is 5.55. The van der Waals surface area contributed by atoms with Gasteiger partial charge in [-0.1, -0.05) is 40.2 Å². The number of ether oxygens (including phenoxy) is 1. The summed E-state index contributed by atoms with van der Waals surface area (Å²) in [6, 6.07) is 8.28. The Balaban J connectivity index is 2.73. The van der Waals surface area contributed by atoms with Gasteiger partial charge in [-0.2, -0.15) is 0 Å². The molecule has 0 saturated heterocycles. The minimum absolute atomic E-state index is 0.571. The number of hydrogen-bond donors (Lipinski definition) is 1. The summed E-state index contributed by atoms with van der Waals surface area (Å²) in [5.74, 6) is 0. The van der Waals surface area contributed by atoms with Crippen molar-refractivity contribution in [3.63, 3.8) is 0 Å². The molecule has 94 valence electrons. The fourth-order valence-electron chi connectivity index (χ4n) is 1.80. The molecule has 3 nitrogen and oxygen atoms in total. The summed E-state index contributed by atoms with van der Waals surface area (Å²) in [5, 5.41) is 0.942. The second-order valence-corrected chi connectivity index (χ2v) is 5.41. The van der Waals surface area contributed by atoms with E-state index in [-0.39, 0.29) is 0 Å². The minimum Gasteiger partial charge on any atom is -0.443 e. The fourth-order valence-corrected chi connectivity index (χ4v) is 2.26. The quantitative estimate of drug-likeness (QED) is 0.850. The van der Waals surface area contributed by atoms with Crippen LogP contribution in [0.1, 0.15) is 25.0 Å². The van der Waals surface area contributed by atoms with E-state index in [0.29, 0.717) is 6.42 Å². The number of alkyl halides is 1. The highest BCUT2D eigenvalue weighted by atomic mass is 79.9. The number of amides is 1. The minimum atomic E-state index is -0.730. The number of benzene rings is 1. The van der Waals surface area contributed by atoms with Crippen molar-refractivity contribution in [3.05, 3.63) is 35.4 Å². The molecular formula is C13H18BrNO2. The largest absolute Gasteiger partial charge is 0.443 e. The lowest BCUT2D eigenvalue weighted by Crippen LogP contribution is -2.33. The maximum Gasteiger partial charge on any atom is 0.405 e. The van der Waals surface area contributed by atoms with Crippen molar-refractivity contribution in [1.29, 1.82) is 0 Å². The van der Waals surface area contributed by atoms with E-state index in [0.717, 1.165) is 17.3 Å². The summed E-state index contributed by atoms with van der Waals surface area (Å²) in [4.78, 5) is 10.8. The fraction of sp³-hybridized carbons (Fsp3) is 0.462. The van der Waals surface area contributed by atoms with Crippen molar-refractivity contribution in [2.75, 3.05) is 5.33 Å². The molecule has 0 atom stereocenters. The van der Waals surface area contributed by atoms with E-state index < -0.39 is 11.7 Å². The van der Waals surface area contributed by atoms with E-state index in [1.54, 1.807) is 0 Å². The highest BCUT2D eigenvalue weighted by Crippen LogP contribution is 2.18. The lowest BCUT2D eigenvalue weighted by atomic mass is 9.96. The molecule has 0 aliphatic heterocycles. The number of carbonyl (C=O) groups is 1. The number of nitrogens with two attached hydrogens (primary N) is 1. The number of rotatable bonds is 5. The molecule has 0 fully saturated rings. The zero-order valence-electron chi connectivity index (χ0n) is 10.2. The summed E-state index contributed by atoms with van der Waals surface area (Å²) in [7, 11) is 0. The van der Waals surface area contributed by atoms with Crippen molar-refractivity contribution in [2.45, 2.75) is 32.3 Å². The van der Waals surface area contributed by atoms with Gasteiger partial charge in [0.05, 0.1) is 0 Å². The molecule has 17 heavy (non-hydrogen) atoms. The number of halogens is 1. The standard InChI is InChI=1S/C13H18BrNO2/c1-13(2,17-12(15)16)9-11-5-3-4-10(8-11)6-7-14/h3-5,8H,6-7,9H2,1-2H3,(H2,15,16). The van der Waals surface area contributed by atoms with Gasteiger partial charge in [0.2, 0.25) is 0 Å². The van der Waals surface area contributed by atoms with Gasteiger partial charge in [0.25, 0.3) is 0 Å². The molecule has 0 unspecified atom stereocenters. The molecule has 0 aliphatic carbocycles.